The summed E-state index contributed by atoms with van der Waals surface area (Å²) in [6.07, 6.45) is 1.09. The van der Waals surface area contributed by atoms with Crippen molar-refractivity contribution in [2.45, 2.75) is 69.2 Å². The number of nitrogens with one attached hydrogen (secondary N) is 1. The first-order valence-corrected chi connectivity index (χ1v) is 10.1. The van der Waals surface area contributed by atoms with E-state index in [0.29, 0.717) is 18.3 Å². The number of amides is 2. The van der Waals surface area contributed by atoms with E-state index in [-0.39, 0.29) is 18.0 Å². The third-order valence-electron chi connectivity index (χ3n) is 3.98. The highest BCUT2D eigenvalue weighted by Gasteiger charge is 2.27. The lowest BCUT2D eigenvalue weighted by Gasteiger charge is -2.33. The molecule has 0 atom stereocenters. The van der Waals surface area contributed by atoms with E-state index < -0.39 is 5.60 Å². The van der Waals surface area contributed by atoms with Crippen LogP contribution in [0.1, 0.15) is 57.8 Å². The van der Waals surface area contributed by atoms with Gasteiger partial charge in [-0.2, -0.15) is 0 Å². The molecule has 2 rings (SSSR count). The van der Waals surface area contributed by atoms with Crippen LogP contribution in [0.2, 0.25) is 0 Å². The minimum absolute atomic E-state index is 0.0502. The number of carbonyl (C=O) groups excluding carboxylic acids is 2. The number of benzene rings is 1. The Hall–Kier alpha value is -1.69. The largest absolute Gasteiger partial charge is 0.444 e. The summed E-state index contributed by atoms with van der Waals surface area (Å²) in [5.41, 5.74) is 0.267. The quantitative estimate of drug-likeness (QED) is 0.793. The predicted molar refractivity (Wildman–Crippen MR) is 106 cm³/mol. The predicted octanol–water partition coefficient (Wildman–Crippen LogP) is 4.32. The first-order chi connectivity index (χ1) is 12.2. The normalized spacial score (nSPS) is 15.8. The van der Waals surface area contributed by atoms with Crippen molar-refractivity contribution in [3.8, 4) is 0 Å². The highest BCUT2D eigenvalue weighted by atomic mass is 32.2. The Morgan fingerprint density at radius 1 is 1.19 bits per heavy atom. The summed E-state index contributed by atoms with van der Waals surface area (Å²) < 4.78 is 5.30. The summed E-state index contributed by atoms with van der Waals surface area (Å²) in [5, 5.41) is 3.33. The zero-order chi connectivity index (χ0) is 19.3. The minimum atomic E-state index is -0.501. The molecule has 26 heavy (non-hydrogen) atoms. The van der Waals surface area contributed by atoms with E-state index in [1.54, 1.807) is 11.8 Å². The number of piperidine rings is 1. The fourth-order valence-corrected chi connectivity index (χ4v) is 3.82. The third-order valence-corrected chi connectivity index (χ3v) is 5.06. The van der Waals surface area contributed by atoms with Crippen LogP contribution in [0.3, 0.4) is 0 Å². The maximum atomic E-state index is 12.9. The van der Waals surface area contributed by atoms with Gasteiger partial charge in [0.25, 0.3) is 5.91 Å². The van der Waals surface area contributed by atoms with Crippen LogP contribution in [0.5, 0.6) is 0 Å². The number of carbonyl (C=O) groups is 2. The molecule has 1 aromatic carbocycles. The molecule has 0 aliphatic carbocycles. The Morgan fingerprint density at radius 3 is 2.38 bits per heavy atom. The van der Waals surface area contributed by atoms with Crippen molar-refractivity contribution >= 4 is 23.8 Å². The van der Waals surface area contributed by atoms with Crippen molar-refractivity contribution in [3.63, 3.8) is 0 Å². The van der Waals surface area contributed by atoms with E-state index in [9.17, 15) is 9.59 Å². The van der Waals surface area contributed by atoms with Crippen molar-refractivity contribution in [1.82, 2.24) is 10.2 Å². The molecule has 144 valence electrons. The summed E-state index contributed by atoms with van der Waals surface area (Å²) in [7, 11) is 0. The van der Waals surface area contributed by atoms with Crippen LogP contribution in [-0.4, -0.2) is 46.9 Å². The average molecular weight is 379 g/mol. The fraction of sp³-hybridized carbons (Fsp3) is 0.600. The Kier molecular flexibility index (Phi) is 6.98. The van der Waals surface area contributed by atoms with Crippen LogP contribution in [0.15, 0.2) is 29.2 Å². The molecule has 5 nitrogen and oxygen atoms in total. The van der Waals surface area contributed by atoms with E-state index >= 15 is 0 Å². The summed E-state index contributed by atoms with van der Waals surface area (Å²) in [6, 6.07) is 7.84. The van der Waals surface area contributed by atoms with Crippen LogP contribution in [0.25, 0.3) is 0 Å². The van der Waals surface area contributed by atoms with Gasteiger partial charge in [-0.25, -0.2) is 4.79 Å². The number of nitrogens with zero attached hydrogens (tertiary/aromatic N) is 1. The highest BCUT2D eigenvalue weighted by Crippen LogP contribution is 2.28. The van der Waals surface area contributed by atoms with E-state index in [1.165, 1.54) is 0 Å². The van der Waals surface area contributed by atoms with Gasteiger partial charge in [0.2, 0.25) is 0 Å². The average Bonchev–Trinajstić information content (AvgIpc) is 2.53. The zero-order valence-corrected chi connectivity index (χ0v) is 17.2. The molecule has 1 heterocycles. The third kappa shape index (κ3) is 6.24. The van der Waals surface area contributed by atoms with Crippen LogP contribution in [-0.2, 0) is 4.74 Å². The van der Waals surface area contributed by atoms with E-state index in [4.69, 9.17) is 4.74 Å². The second-order valence-electron chi connectivity index (χ2n) is 7.88. The van der Waals surface area contributed by atoms with Crippen LogP contribution >= 0.6 is 11.8 Å². The monoisotopic (exact) mass is 378 g/mol. The summed E-state index contributed by atoms with van der Waals surface area (Å²) in [5.74, 6) is 0.0736. The number of hydrogen-bond acceptors (Lipinski definition) is 4. The molecule has 0 aromatic heterocycles. The van der Waals surface area contributed by atoms with E-state index in [2.05, 4.69) is 19.2 Å². The molecule has 0 spiro atoms. The van der Waals surface area contributed by atoms with Gasteiger partial charge in [-0.1, -0.05) is 26.0 Å². The van der Waals surface area contributed by atoms with Gasteiger partial charge in [0, 0.05) is 29.3 Å². The standard InChI is InChI=1S/C20H30N2O3S/c1-14(2)26-17-9-7-6-8-16(17)18(23)22-12-10-15(11-13-22)21-19(24)25-20(3,4)5/h6-9,14-15H,10-13H2,1-5H3,(H,21,24). The summed E-state index contributed by atoms with van der Waals surface area (Å²) in [4.78, 5) is 27.7. The molecule has 1 aliphatic heterocycles. The maximum absolute atomic E-state index is 12.9. The zero-order valence-electron chi connectivity index (χ0n) is 16.4. The molecule has 6 heteroatoms. The SMILES string of the molecule is CC(C)Sc1ccccc1C(=O)N1CCC(NC(=O)OC(C)(C)C)CC1. The second-order valence-corrected chi connectivity index (χ2v) is 9.49. The first-order valence-electron chi connectivity index (χ1n) is 9.20. The molecule has 0 saturated carbocycles. The van der Waals surface area contributed by atoms with Gasteiger partial charge < -0.3 is 15.0 Å². The number of alkyl carbamates (subject to hydrolysis) is 1. The van der Waals surface area contributed by atoms with Gasteiger partial charge in [0.15, 0.2) is 0 Å². The molecule has 0 bridgehead atoms. The Morgan fingerprint density at radius 2 is 1.81 bits per heavy atom. The van der Waals surface area contributed by atoms with Crippen LogP contribution in [0, 0.1) is 0 Å². The molecule has 1 N–H and O–H groups in total. The van der Waals surface area contributed by atoms with Gasteiger partial charge in [-0.15, -0.1) is 11.8 Å². The van der Waals surface area contributed by atoms with Gasteiger partial charge in [-0.3, -0.25) is 4.79 Å². The Bertz CT molecular complexity index is 632. The topological polar surface area (TPSA) is 58.6 Å². The number of rotatable bonds is 4. The number of hydrogen-bond donors (Lipinski definition) is 1. The van der Waals surface area contributed by atoms with Gasteiger partial charge in [-0.05, 0) is 45.7 Å². The molecule has 1 saturated heterocycles. The van der Waals surface area contributed by atoms with E-state index in [1.807, 2.05) is 49.9 Å². The van der Waals surface area contributed by atoms with Crippen molar-refractivity contribution in [3.05, 3.63) is 29.8 Å². The molecule has 1 aliphatic rings. The lowest BCUT2D eigenvalue weighted by Crippen LogP contribution is -2.47. The second kappa shape index (κ2) is 8.80. The molecule has 0 unspecified atom stereocenters. The van der Waals surface area contributed by atoms with E-state index in [0.717, 1.165) is 23.3 Å². The van der Waals surface area contributed by atoms with Gasteiger partial charge >= 0.3 is 6.09 Å². The Labute approximate surface area is 160 Å². The lowest BCUT2D eigenvalue weighted by molar-refractivity contribution is 0.0473. The molecule has 2 amide bonds. The summed E-state index contributed by atoms with van der Waals surface area (Å²) >= 11 is 1.71. The highest BCUT2D eigenvalue weighted by molar-refractivity contribution is 8.00. The number of likely N-dealkylation sites (tertiary alicyclic amines) is 1. The fourth-order valence-electron chi connectivity index (χ4n) is 2.87. The molecule has 1 fully saturated rings. The maximum Gasteiger partial charge on any atom is 0.407 e. The van der Waals surface area contributed by atoms with Crippen molar-refractivity contribution < 1.29 is 14.3 Å². The van der Waals surface area contributed by atoms with Gasteiger partial charge in [0.05, 0.1) is 5.56 Å². The number of thioether (sulfide) groups is 1. The van der Waals surface area contributed by atoms with Crippen molar-refractivity contribution in [2.24, 2.45) is 0 Å². The first kappa shape index (κ1) is 20.6. The van der Waals surface area contributed by atoms with Crippen molar-refractivity contribution in [1.29, 1.82) is 0 Å². The molecular formula is C20H30N2O3S. The van der Waals surface area contributed by atoms with Crippen LogP contribution < -0.4 is 5.32 Å². The smallest absolute Gasteiger partial charge is 0.407 e. The Balaban J connectivity index is 1.92. The molecule has 1 aromatic rings. The van der Waals surface area contributed by atoms with Crippen molar-refractivity contribution in [2.75, 3.05) is 13.1 Å². The molecule has 0 radical (unpaired) electrons. The minimum Gasteiger partial charge on any atom is -0.444 e. The number of ether oxygens (including phenoxy) is 1. The van der Waals surface area contributed by atoms with Gasteiger partial charge in [0.1, 0.15) is 5.60 Å². The molecular weight excluding hydrogens is 348 g/mol. The lowest BCUT2D eigenvalue weighted by atomic mass is 10.0. The van der Waals surface area contributed by atoms with Crippen LogP contribution in [0.4, 0.5) is 4.79 Å². The summed E-state index contributed by atoms with van der Waals surface area (Å²) in [6.45, 7) is 11.1.